The van der Waals surface area contributed by atoms with Crippen molar-refractivity contribution in [1.82, 2.24) is 4.37 Å². The number of nitrogen functional groups attached to an aromatic ring is 1. The van der Waals surface area contributed by atoms with E-state index in [2.05, 4.69) is 23.5 Å². The summed E-state index contributed by atoms with van der Waals surface area (Å²) < 4.78 is 9.05. The Labute approximate surface area is 75.9 Å². The van der Waals surface area contributed by atoms with Crippen LogP contribution in [0.15, 0.2) is 0 Å². The minimum absolute atomic E-state index is 0.360. The van der Waals surface area contributed by atoms with E-state index in [0.717, 1.165) is 5.00 Å². The highest BCUT2D eigenvalue weighted by molar-refractivity contribution is 7.11. The highest BCUT2D eigenvalue weighted by Gasteiger charge is 2.11. The molecule has 0 aliphatic rings. The Kier molecular flexibility index (Phi) is 2.75. The van der Waals surface area contributed by atoms with Gasteiger partial charge in [-0.3, -0.25) is 0 Å². The van der Waals surface area contributed by atoms with Crippen molar-refractivity contribution in [1.29, 1.82) is 0 Å². The van der Waals surface area contributed by atoms with E-state index in [-0.39, 0.29) is 0 Å². The summed E-state index contributed by atoms with van der Waals surface area (Å²) in [5.74, 6) is 1.10. The number of hydrogen-bond donors (Lipinski definition) is 2. The van der Waals surface area contributed by atoms with Crippen molar-refractivity contribution in [2.45, 2.75) is 19.9 Å². The summed E-state index contributed by atoms with van der Waals surface area (Å²) in [4.78, 5) is 0. The van der Waals surface area contributed by atoms with E-state index < -0.39 is 0 Å². The Morgan fingerprint density at radius 3 is 2.75 bits per heavy atom. The van der Waals surface area contributed by atoms with Crippen molar-refractivity contribution in [2.75, 3.05) is 18.2 Å². The van der Waals surface area contributed by atoms with Crippen LogP contribution in [0, 0.1) is 0 Å². The van der Waals surface area contributed by atoms with Gasteiger partial charge in [-0.1, -0.05) is 0 Å². The fourth-order valence-electron chi connectivity index (χ4n) is 0.845. The Balaban J connectivity index is 2.84. The van der Waals surface area contributed by atoms with E-state index in [1.807, 2.05) is 0 Å². The van der Waals surface area contributed by atoms with Crippen molar-refractivity contribution in [2.24, 2.45) is 0 Å². The normalized spacial score (nSPS) is 10.3. The first-order valence-electron chi connectivity index (χ1n) is 3.70. The fourth-order valence-corrected chi connectivity index (χ4v) is 1.68. The lowest BCUT2D eigenvalue weighted by Crippen LogP contribution is -2.09. The van der Waals surface area contributed by atoms with Gasteiger partial charge in [0.05, 0.1) is 7.11 Å². The Bertz CT molecular complexity index is 259. The number of ether oxygens (including phenoxy) is 1. The summed E-state index contributed by atoms with van der Waals surface area (Å²) in [7, 11) is 1.59. The molecule has 0 saturated heterocycles. The van der Waals surface area contributed by atoms with Crippen LogP contribution in [0.1, 0.15) is 13.8 Å². The molecule has 1 aromatic heterocycles. The molecule has 0 fully saturated rings. The molecule has 68 valence electrons. The number of hydrogen-bond acceptors (Lipinski definition) is 5. The van der Waals surface area contributed by atoms with Gasteiger partial charge in [0.25, 0.3) is 0 Å². The van der Waals surface area contributed by atoms with Crippen LogP contribution in [-0.2, 0) is 0 Å². The summed E-state index contributed by atoms with van der Waals surface area (Å²) >= 11 is 1.32. The smallest absolute Gasteiger partial charge is 0.197 e. The third-order valence-corrected chi connectivity index (χ3v) is 2.07. The molecule has 0 atom stereocenters. The second-order valence-corrected chi connectivity index (χ2v) is 3.50. The summed E-state index contributed by atoms with van der Waals surface area (Å²) in [6, 6.07) is 0.360. The molecule has 3 N–H and O–H groups in total. The van der Waals surface area contributed by atoms with Crippen LogP contribution in [0.4, 0.5) is 10.8 Å². The average Bonchev–Trinajstić information content (AvgIpc) is 2.30. The molecular weight excluding hydrogens is 174 g/mol. The molecule has 0 bridgehead atoms. The Morgan fingerprint density at radius 1 is 1.58 bits per heavy atom. The number of nitrogens with one attached hydrogen (secondary N) is 1. The third kappa shape index (κ3) is 1.79. The molecule has 0 aliphatic carbocycles. The van der Waals surface area contributed by atoms with Gasteiger partial charge in [-0.15, -0.1) is 0 Å². The molecule has 12 heavy (non-hydrogen) atoms. The predicted molar refractivity (Wildman–Crippen MR) is 51.8 cm³/mol. The van der Waals surface area contributed by atoms with Crippen molar-refractivity contribution in [3.8, 4) is 5.75 Å². The number of nitrogens with two attached hydrogens (primary N) is 1. The number of methoxy groups -OCH3 is 1. The SMILES string of the molecule is COc1c(N)nsc1NC(C)C. The summed E-state index contributed by atoms with van der Waals surface area (Å²) in [5.41, 5.74) is 5.56. The molecule has 0 spiro atoms. The largest absolute Gasteiger partial charge is 0.490 e. The molecule has 0 saturated carbocycles. The van der Waals surface area contributed by atoms with Gasteiger partial charge in [0.15, 0.2) is 16.6 Å². The lowest BCUT2D eigenvalue weighted by Gasteiger charge is -2.08. The van der Waals surface area contributed by atoms with Gasteiger partial charge in [0.2, 0.25) is 0 Å². The lowest BCUT2D eigenvalue weighted by molar-refractivity contribution is 0.419. The first kappa shape index (κ1) is 9.12. The Hall–Kier alpha value is -0.970. The zero-order chi connectivity index (χ0) is 9.14. The van der Waals surface area contributed by atoms with Crippen molar-refractivity contribution in [3.05, 3.63) is 0 Å². The lowest BCUT2D eigenvalue weighted by atomic mass is 10.4. The maximum absolute atomic E-state index is 5.56. The highest BCUT2D eigenvalue weighted by Crippen LogP contribution is 2.34. The van der Waals surface area contributed by atoms with Crippen LogP contribution in [-0.4, -0.2) is 17.5 Å². The molecule has 1 heterocycles. The minimum Gasteiger partial charge on any atom is -0.490 e. The highest BCUT2D eigenvalue weighted by atomic mass is 32.1. The standard InChI is InChI=1S/C7H13N3OS/c1-4(2)9-7-5(11-3)6(8)10-12-7/h4,9H,1-3H3,(H2,8,10). The van der Waals surface area contributed by atoms with Crippen LogP contribution in [0.3, 0.4) is 0 Å². The van der Waals surface area contributed by atoms with Gasteiger partial charge in [-0.25, -0.2) is 0 Å². The zero-order valence-corrected chi connectivity index (χ0v) is 8.23. The van der Waals surface area contributed by atoms with E-state index >= 15 is 0 Å². The van der Waals surface area contributed by atoms with Crippen molar-refractivity contribution >= 4 is 22.4 Å². The molecule has 0 amide bonds. The Morgan fingerprint density at radius 2 is 2.25 bits per heavy atom. The summed E-state index contributed by atoms with van der Waals surface area (Å²) in [6.07, 6.45) is 0. The molecule has 0 radical (unpaired) electrons. The quantitative estimate of drug-likeness (QED) is 0.753. The second-order valence-electron chi connectivity index (χ2n) is 2.73. The molecular formula is C7H13N3OS. The molecule has 1 rings (SSSR count). The van der Waals surface area contributed by atoms with E-state index in [1.54, 1.807) is 7.11 Å². The van der Waals surface area contributed by atoms with Crippen molar-refractivity contribution in [3.63, 3.8) is 0 Å². The van der Waals surface area contributed by atoms with Gasteiger partial charge in [0.1, 0.15) is 0 Å². The topological polar surface area (TPSA) is 60.2 Å². The molecule has 0 aliphatic heterocycles. The fraction of sp³-hybridized carbons (Fsp3) is 0.571. The number of anilines is 2. The van der Waals surface area contributed by atoms with E-state index in [4.69, 9.17) is 10.5 Å². The van der Waals surface area contributed by atoms with Crippen LogP contribution < -0.4 is 15.8 Å². The van der Waals surface area contributed by atoms with Gasteiger partial charge < -0.3 is 15.8 Å². The first-order chi connectivity index (χ1) is 5.65. The molecule has 0 aromatic carbocycles. The first-order valence-corrected chi connectivity index (χ1v) is 4.48. The summed E-state index contributed by atoms with van der Waals surface area (Å²) in [6.45, 7) is 4.10. The average molecular weight is 187 g/mol. The minimum atomic E-state index is 0.360. The zero-order valence-electron chi connectivity index (χ0n) is 7.42. The molecule has 1 aromatic rings. The van der Waals surface area contributed by atoms with Crippen LogP contribution in [0.25, 0.3) is 0 Å². The van der Waals surface area contributed by atoms with Gasteiger partial charge in [-0.2, -0.15) is 4.37 Å². The second kappa shape index (κ2) is 3.62. The number of nitrogens with zero attached hydrogens (tertiary/aromatic N) is 1. The molecule has 5 heteroatoms. The summed E-state index contributed by atoms with van der Waals surface area (Å²) in [5, 5.41) is 4.09. The third-order valence-electron chi connectivity index (χ3n) is 1.30. The predicted octanol–water partition coefficient (Wildman–Crippen LogP) is 1.55. The van der Waals surface area contributed by atoms with E-state index in [0.29, 0.717) is 17.6 Å². The van der Waals surface area contributed by atoms with Crippen molar-refractivity contribution < 1.29 is 4.74 Å². The molecule has 4 nitrogen and oxygen atoms in total. The number of rotatable bonds is 3. The van der Waals surface area contributed by atoms with Crippen LogP contribution in [0.5, 0.6) is 5.75 Å². The van der Waals surface area contributed by atoms with E-state index in [1.165, 1.54) is 11.5 Å². The maximum atomic E-state index is 5.56. The monoisotopic (exact) mass is 187 g/mol. The van der Waals surface area contributed by atoms with Crippen LogP contribution in [0.2, 0.25) is 0 Å². The van der Waals surface area contributed by atoms with Crippen LogP contribution >= 0.6 is 11.5 Å². The van der Waals surface area contributed by atoms with Gasteiger partial charge in [0, 0.05) is 6.04 Å². The molecule has 0 unspecified atom stereocenters. The van der Waals surface area contributed by atoms with Gasteiger partial charge in [-0.05, 0) is 25.4 Å². The maximum Gasteiger partial charge on any atom is 0.197 e. The van der Waals surface area contributed by atoms with E-state index in [9.17, 15) is 0 Å². The van der Waals surface area contributed by atoms with Gasteiger partial charge >= 0.3 is 0 Å². The number of aromatic nitrogens is 1.